The van der Waals surface area contributed by atoms with Crippen molar-refractivity contribution >= 4 is 34.7 Å². The molecule has 0 bridgehead atoms. The van der Waals surface area contributed by atoms with Crippen molar-refractivity contribution in [2.75, 3.05) is 0 Å². The average molecular weight is 418 g/mol. The van der Waals surface area contributed by atoms with Crippen LogP contribution in [0.15, 0.2) is 34.8 Å². The average Bonchev–Trinajstić information content (AvgIpc) is 3.23. The van der Waals surface area contributed by atoms with Crippen molar-refractivity contribution in [2.24, 2.45) is 5.92 Å². The summed E-state index contributed by atoms with van der Waals surface area (Å²) in [5.41, 5.74) is 3.99. The van der Waals surface area contributed by atoms with Crippen LogP contribution >= 0.6 is 34.7 Å². The van der Waals surface area contributed by atoms with Gasteiger partial charge in [-0.25, -0.2) is 0 Å². The summed E-state index contributed by atoms with van der Waals surface area (Å²) in [7, 11) is 0. The van der Waals surface area contributed by atoms with E-state index in [1.54, 1.807) is 11.8 Å². The first kappa shape index (κ1) is 19.0. The van der Waals surface area contributed by atoms with Gasteiger partial charge in [0.05, 0.1) is 0 Å². The van der Waals surface area contributed by atoms with Crippen molar-refractivity contribution in [3.8, 4) is 11.4 Å². The minimum atomic E-state index is 0.315. The second-order valence-electron chi connectivity index (χ2n) is 7.59. The molecule has 0 amide bonds. The van der Waals surface area contributed by atoms with Gasteiger partial charge >= 0.3 is 0 Å². The summed E-state index contributed by atoms with van der Waals surface area (Å²) in [6, 6.07) is 8.34. The Bertz CT molecular complexity index is 945. The lowest BCUT2D eigenvalue weighted by Gasteiger charge is -2.19. The molecule has 0 saturated heterocycles. The van der Waals surface area contributed by atoms with E-state index < -0.39 is 0 Å². The number of thioether (sulfide) groups is 1. The maximum Gasteiger partial charge on any atom is 0.192 e. The highest BCUT2D eigenvalue weighted by molar-refractivity contribution is 7.98. The standard InChI is InChI=1S/C21H24ClN3S2/c1-13(2)25-20(18-12-26-19-9-14(3)7-8-17(18)19)23-24-21(25)27-11-15-5-4-6-16(22)10-15/h4-6,10,12-14H,7-9,11H2,1-3H3/t14-/m1/s1. The number of aromatic nitrogens is 3. The van der Waals surface area contributed by atoms with Crippen LogP contribution in [-0.4, -0.2) is 14.8 Å². The highest BCUT2D eigenvalue weighted by atomic mass is 35.5. The Balaban J connectivity index is 1.64. The molecule has 0 radical (unpaired) electrons. The minimum Gasteiger partial charge on any atom is -0.299 e. The molecule has 1 aromatic carbocycles. The van der Waals surface area contributed by atoms with E-state index in [2.05, 4.69) is 47.0 Å². The van der Waals surface area contributed by atoms with Gasteiger partial charge in [0, 0.05) is 32.6 Å². The van der Waals surface area contributed by atoms with Gasteiger partial charge in [-0.3, -0.25) is 4.57 Å². The predicted molar refractivity (Wildman–Crippen MR) is 116 cm³/mol. The van der Waals surface area contributed by atoms with E-state index in [4.69, 9.17) is 11.6 Å². The van der Waals surface area contributed by atoms with Crippen molar-refractivity contribution in [3.05, 3.63) is 50.7 Å². The molecule has 4 rings (SSSR count). The van der Waals surface area contributed by atoms with E-state index in [1.807, 2.05) is 29.5 Å². The van der Waals surface area contributed by atoms with E-state index in [0.29, 0.717) is 6.04 Å². The molecule has 1 aliphatic carbocycles. The van der Waals surface area contributed by atoms with E-state index >= 15 is 0 Å². The second kappa shape index (κ2) is 7.98. The van der Waals surface area contributed by atoms with Gasteiger partial charge in [-0.15, -0.1) is 21.5 Å². The number of rotatable bonds is 5. The van der Waals surface area contributed by atoms with Crippen LogP contribution in [-0.2, 0) is 18.6 Å². The van der Waals surface area contributed by atoms with Crippen LogP contribution in [0.2, 0.25) is 5.02 Å². The van der Waals surface area contributed by atoms with Gasteiger partial charge < -0.3 is 0 Å². The Morgan fingerprint density at radius 2 is 2.19 bits per heavy atom. The quantitative estimate of drug-likeness (QED) is 0.435. The zero-order valence-electron chi connectivity index (χ0n) is 15.9. The molecule has 0 unspecified atom stereocenters. The van der Waals surface area contributed by atoms with Crippen LogP contribution < -0.4 is 0 Å². The summed E-state index contributed by atoms with van der Waals surface area (Å²) in [5, 5.41) is 13.2. The first-order valence-electron chi connectivity index (χ1n) is 9.44. The molecule has 6 heteroatoms. The molecule has 27 heavy (non-hydrogen) atoms. The highest BCUT2D eigenvalue weighted by Gasteiger charge is 2.25. The number of nitrogens with zero attached hydrogens (tertiary/aromatic N) is 3. The zero-order chi connectivity index (χ0) is 19.0. The lowest BCUT2D eigenvalue weighted by Crippen LogP contribution is -2.10. The molecule has 0 aliphatic heterocycles. The number of benzene rings is 1. The molecule has 1 aliphatic rings. The van der Waals surface area contributed by atoms with Crippen molar-refractivity contribution < 1.29 is 0 Å². The fourth-order valence-corrected chi connectivity index (χ4v) is 6.13. The first-order valence-corrected chi connectivity index (χ1v) is 11.7. The molecule has 2 heterocycles. The van der Waals surface area contributed by atoms with Gasteiger partial charge in [-0.1, -0.05) is 42.4 Å². The van der Waals surface area contributed by atoms with Crippen LogP contribution in [0, 0.1) is 5.92 Å². The van der Waals surface area contributed by atoms with Gasteiger partial charge in [0.15, 0.2) is 11.0 Å². The molecule has 2 aromatic heterocycles. The number of fused-ring (bicyclic) bond motifs is 1. The Morgan fingerprint density at radius 1 is 1.33 bits per heavy atom. The lowest BCUT2D eigenvalue weighted by atomic mass is 9.88. The number of thiophene rings is 1. The largest absolute Gasteiger partial charge is 0.299 e. The predicted octanol–water partition coefficient (Wildman–Crippen LogP) is 6.66. The summed E-state index contributed by atoms with van der Waals surface area (Å²) in [6.07, 6.45) is 3.63. The Labute approximate surface area is 174 Å². The van der Waals surface area contributed by atoms with Crippen LogP contribution in [0.4, 0.5) is 0 Å². The van der Waals surface area contributed by atoms with Crippen molar-refractivity contribution in [2.45, 2.75) is 57.0 Å². The third kappa shape index (κ3) is 3.96. The Kier molecular flexibility index (Phi) is 5.62. The minimum absolute atomic E-state index is 0.315. The summed E-state index contributed by atoms with van der Waals surface area (Å²) in [6.45, 7) is 6.76. The second-order valence-corrected chi connectivity index (χ2v) is 9.93. The zero-order valence-corrected chi connectivity index (χ0v) is 18.3. The number of hydrogen-bond acceptors (Lipinski definition) is 4. The number of halogens is 1. The molecular weight excluding hydrogens is 394 g/mol. The normalized spacial score (nSPS) is 16.7. The summed E-state index contributed by atoms with van der Waals surface area (Å²) in [4.78, 5) is 1.54. The van der Waals surface area contributed by atoms with E-state index in [0.717, 1.165) is 34.1 Å². The maximum absolute atomic E-state index is 6.12. The van der Waals surface area contributed by atoms with Crippen LogP contribution in [0.25, 0.3) is 11.4 Å². The smallest absolute Gasteiger partial charge is 0.192 e. The van der Waals surface area contributed by atoms with Gasteiger partial charge in [0.1, 0.15) is 0 Å². The topological polar surface area (TPSA) is 30.7 Å². The van der Waals surface area contributed by atoms with Gasteiger partial charge in [0.2, 0.25) is 0 Å². The van der Waals surface area contributed by atoms with Crippen molar-refractivity contribution in [3.63, 3.8) is 0 Å². The third-order valence-corrected chi connectivity index (χ3v) is 7.38. The molecule has 0 fully saturated rings. The fourth-order valence-electron chi connectivity index (χ4n) is 3.66. The monoisotopic (exact) mass is 417 g/mol. The van der Waals surface area contributed by atoms with E-state index in [-0.39, 0.29) is 0 Å². The van der Waals surface area contributed by atoms with Crippen LogP contribution in [0.3, 0.4) is 0 Å². The summed E-state index contributed by atoms with van der Waals surface area (Å²) in [5.74, 6) is 2.64. The fraction of sp³-hybridized carbons (Fsp3) is 0.429. The maximum atomic E-state index is 6.12. The first-order chi connectivity index (χ1) is 13.0. The molecule has 3 nitrogen and oxygen atoms in total. The third-order valence-electron chi connectivity index (χ3n) is 5.08. The molecule has 0 N–H and O–H groups in total. The van der Waals surface area contributed by atoms with Gasteiger partial charge in [0.25, 0.3) is 0 Å². The molecule has 0 spiro atoms. The van der Waals surface area contributed by atoms with Crippen molar-refractivity contribution in [1.29, 1.82) is 0 Å². The Hall–Kier alpha value is -1.30. The molecule has 142 valence electrons. The summed E-state index contributed by atoms with van der Waals surface area (Å²) < 4.78 is 2.29. The molecule has 1 atom stereocenters. The van der Waals surface area contributed by atoms with E-state index in [1.165, 1.54) is 34.4 Å². The van der Waals surface area contributed by atoms with Crippen molar-refractivity contribution in [1.82, 2.24) is 14.8 Å². The summed E-state index contributed by atoms with van der Waals surface area (Å²) >= 11 is 9.73. The van der Waals surface area contributed by atoms with E-state index in [9.17, 15) is 0 Å². The molecule has 3 aromatic rings. The van der Waals surface area contributed by atoms with Gasteiger partial charge in [-0.05, 0) is 62.3 Å². The molecule has 0 saturated carbocycles. The molecular formula is C21H24ClN3S2. The van der Waals surface area contributed by atoms with Crippen LogP contribution in [0.5, 0.6) is 0 Å². The Morgan fingerprint density at radius 3 is 2.96 bits per heavy atom. The SMILES string of the molecule is CC(C)n1c(SCc2cccc(Cl)c2)nnc1-c1csc2c1CC[C@@H](C)C2. The van der Waals surface area contributed by atoms with Gasteiger partial charge in [-0.2, -0.15) is 0 Å². The number of hydrogen-bond donors (Lipinski definition) is 0. The lowest BCUT2D eigenvalue weighted by molar-refractivity contribution is 0.507. The highest BCUT2D eigenvalue weighted by Crippen LogP contribution is 2.39. The van der Waals surface area contributed by atoms with Crippen LogP contribution in [0.1, 0.15) is 49.2 Å².